The number of hydrogen-bond acceptors (Lipinski definition) is 8. The van der Waals surface area contributed by atoms with Gasteiger partial charge in [-0.15, -0.1) is 11.8 Å². The first kappa shape index (κ1) is 30.4. The van der Waals surface area contributed by atoms with Crippen molar-refractivity contribution in [2.75, 3.05) is 5.88 Å². The number of nitrogens with zero attached hydrogens (tertiary/aromatic N) is 5. The van der Waals surface area contributed by atoms with Crippen molar-refractivity contribution >= 4 is 44.8 Å². The van der Waals surface area contributed by atoms with Crippen molar-refractivity contribution < 1.29 is 23.1 Å². The highest BCUT2D eigenvalue weighted by atomic mass is 32.2. The standard InChI is InChI=1S/C29H32N6O6S2/c1-18(2)34-23-8-6-14-31-25(23)35(28(34)39)20-11-9-19(10-12-20)15-22(27(37)38)32-26(36)24-29(3,4)42-17-33(24)43(40,41)21-7-5-13-30-16-21/h5-14,16,18,22,24H,15,17H2,1-4H3,(H,32,36)(H,37,38)/t22-,24+/m0/s1. The minimum Gasteiger partial charge on any atom is -0.480 e. The molecule has 226 valence electrons. The van der Waals surface area contributed by atoms with Crippen LogP contribution in [-0.4, -0.2) is 71.5 Å². The van der Waals surface area contributed by atoms with Crippen LogP contribution >= 0.6 is 11.8 Å². The van der Waals surface area contributed by atoms with Gasteiger partial charge in [-0.25, -0.2) is 27.6 Å². The topological polar surface area (TPSA) is 156 Å². The van der Waals surface area contributed by atoms with Gasteiger partial charge in [0.2, 0.25) is 15.9 Å². The zero-order chi connectivity index (χ0) is 31.1. The van der Waals surface area contributed by atoms with Crippen molar-refractivity contribution in [1.82, 2.24) is 28.7 Å². The van der Waals surface area contributed by atoms with Gasteiger partial charge in [-0.3, -0.25) is 14.3 Å². The molecule has 1 saturated heterocycles. The summed E-state index contributed by atoms with van der Waals surface area (Å²) in [6, 6.07) is 10.7. The number of benzene rings is 1. The second-order valence-electron chi connectivity index (χ2n) is 11.1. The summed E-state index contributed by atoms with van der Waals surface area (Å²) >= 11 is 1.29. The number of carboxylic acid groups (broad SMARTS) is 1. The largest absolute Gasteiger partial charge is 0.480 e. The Kier molecular flexibility index (Phi) is 8.20. The summed E-state index contributed by atoms with van der Waals surface area (Å²) in [6.07, 6.45) is 4.23. The van der Waals surface area contributed by atoms with E-state index in [9.17, 15) is 27.9 Å². The summed E-state index contributed by atoms with van der Waals surface area (Å²) in [7, 11) is -4.07. The molecule has 1 amide bonds. The summed E-state index contributed by atoms with van der Waals surface area (Å²) in [4.78, 5) is 47.3. The molecule has 3 aromatic heterocycles. The molecule has 0 bridgehead atoms. The molecule has 1 aliphatic rings. The van der Waals surface area contributed by atoms with Gasteiger partial charge in [0.05, 0.1) is 17.1 Å². The second kappa shape index (κ2) is 11.6. The van der Waals surface area contributed by atoms with Crippen molar-refractivity contribution in [3.05, 3.63) is 83.2 Å². The molecule has 1 aromatic carbocycles. The average molecular weight is 625 g/mol. The van der Waals surface area contributed by atoms with Gasteiger partial charge in [-0.1, -0.05) is 12.1 Å². The van der Waals surface area contributed by atoms with E-state index in [0.717, 1.165) is 4.31 Å². The van der Waals surface area contributed by atoms with Crippen LogP contribution in [0.15, 0.2) is 76.8 Å². The molecule has 0 unspecified atom stereocenters. The van der Waals surface area contributed by atoms with E-state index in [1.165, 1.54) is 40.9 Å². The van der Waals surface area contributed by atoms with Crippen LogP contribution in [0.3, 0.4) is 0 Å². The van der Waals surface area contributed by atoms with E-state index in [1.54, 1.807) is 54.9 Å². The van der Waals surface area contributed by atoms with E-state index in [0.29, 0.717) is 22.4 Å². The number of thioether (sulfide) groups is 1. The Balaban J connectivity index is 1.38. The molecule has 12 nitrogen and oxygen atoms in total. The molecule has 43 heavy (non-hydrogen) atoms. The van der Waals surface area contributed by atoms with E-state index in [4.69, 9.17) is 0 Å². The number of carbonyl (C=O) groups is 2. The zero-order valence-corrected chi connectivity index (χ0v) is 25.7. The molecule has 0 spiro atoms. The predicted octanol–water partition coefficient (Wildman–Crippen LogP) is 2.82. The lowest BCUT2D eigenvalue weighted by molar-refractivity contribution is -0.142. The van der Waals surface area contributed by atoms with Crippen LogP contribution < -0.4 is 11.0 Å². The lowest BCUT2D eigenvalue weighted by Gasteiger charge is -2.30. The number of aliphatic carboxylic acids is 1. The van der Waals surface area contributed by atoms with Crippen molar-refractivity contribution in [2.24, 2.45) is 0 Å². The second-order valence-corrected chi connectivity index (χ2v) is 14.5. The predicted molar refractivity (Wildman–Crippen MR) is 163 cm³/mol. The molecule has 4 heterocycles. The minimum absolute atomic E-state index is 0.0307. The molecule has 0 radical (unpaired) electrons. The van der Waals surface area contributed by atoms with E-state index < -0.39 is 38.7 Å². The first-order chi connectivity index (χ1) is 20.3. The van der Waals surface area contributed by atoms with E-state index in [1.807, 2.05) is 19.9 Å². The van der Waals surface area contributed by atoms with Gasteiger partial charge in [-0.05, 0) is 69.7 Å². The Morgan fingerprint density at radius 2 is 1.81 bits per heavy atom. The molecule has 5 rings (SSSR count). The number of hydrogen-bond donors (Lipinski definition) is 2. The minimum atomic E-state index is -4.07. The SMILES string of the molecule is CC(C)n1c(=O)n(-c2ccc(C[C@H](NC(=O)[C@H]3N(S(=O)(=O)c4cccnc4)CSC3(C)C)C(=O)O)cc2)c2ncccc21. The maximum absolute atomic E-state index is 13.6. The molecule has 0 saturated carbocycles. The highest BCUT2D eigenvalue weighted by molar-refractivity contribution is 8.02. The molecule has 1 aliphatic heterocycles. The third-order valence-corrected chi connectivity index (χ3v) is 10.7. The monoisotopic (exact) mass is 624 g/mol. The van der Waals surface area contributed by atoms with Gasteiger partial charge < -0.3 is 10.4 Å². The Hall–Kier alpha value is -4.01. The fourth-order valence-electron chi connectivity index (χ4n) is 5.27. The van der Waals surface area contributed by atoms with Crippen LogP contribution in [0.4, 0.5) is 0 Å². The Morgan fingerprint density at radius 1 is 1.12 bits per heavy atom. The smallest absolute Gasteiger partial charge is 0.335 e. The lowest BCUT2D eigenvalue weighted by atomic mass is 10.0. The van der Waals surface area contributed by atoms with Crippen LogP contribution in [0.5, 0.6) is 0 Å². The normalized spacial score (nSPS) is 17.7. The number of aromatic nitrogens is 4. The maximum atomic E-state index is 13.6. The van der Waals surface area contributed by atoms with E-state index in [-0.39, 0.29) is 28.9 Å². The molecule has 14 heteroatoms. The van der Waals surface area contributed by atoms with Crippen LogP contribution in [-0.2, 0) is 26.0 Å². The van der Waals surface area contributed by atoms with Gasteiger partial charge in [0.25, 0.3) is 0 Å². The van der Waals surface area contributed by atoms with Crippen molar-refractivity contribution in [1.29, 1.82) is 0 Å². The number of rotatable bonds is 9. The number of carbonyl (C=O) groups excluding carboxylic acids is 1. The number of pyridine rings is 2. The van der Waals surface area contributed by atoms with Gasteiger partial charge in [0.1, 0.15) is 17.0 Å². The zero-order valence-electron chi connectivity index (χ0n) is 24.0. The number of carboxylic acids is 1. The first-order valence-corrected chi connectivity index (χ1v) is 16.0. The molecular weight excluding hydrogens is 592 g/mol. The molecule has 1 fully saturated rings. The summed E-state index contributed by atoms with van der Waals surface area (Å²) in [5.74, 6) is -1.93. The van der Waals surface area contributed by atoms with Gasteiger partial charge in [0, 0.05) is 35.8 Å². The van der Waals surface area contributed by atoms with Crippen LogP contribution in [0.1, 0.15) is 39.3 Å². The van der Waals surface area contributed by atoms with Crippen molar-refractivity contribution in [2.45, 2.75) is 61.9 Å². The molecule has 0 aliphatic carbocycles. The number of fused-ring (bicyclic) bond motifs is 1. The lowest BCUT2D eigenvalue weighted by Crippen LogP contribution is -2.56. The molecule has 2 N–H and O–H groups in total. The first-order valence-electron chi connectivity index (χ1n) is 13.6. The fraction of sp³-hybridized carbons (Fsp3) is 0.345. The summed E-state index contributed by atoms with van der Waals surface area (Å²) in [6.45, 7) is 7.34. The van der Waals surface area contributed by atoms with Crippen LogP contribution in [0.25, 0.3) is 16.9 Å². The van der Waals surface area contributed by atoms with Crippen LogP contribution in [0.2, 0.25) is 0 Å². The molecular formula is C29H32N6O6S2. The summed E-state index contributed by atoms with van der Waals surface area (Å²) < 4.78 is 30.2. The summed E-state index contributed by atoms with van der Waals surface area (Å²) in [5, 5.41) is 12.6. The number of imidazole rings is 1. The van der Waals surface area contributed by atoms with Crippen molar-refractivity contribution in [3.8, 4) is 5.69 Å². The quantitative estimate of drug-likeness (QED) is 0.286. The fourth-order valence-corrected chi connectivity index (χ4v) is 8.40. The molecule has 2 atom stereocenters. The number of amides is 1. The Bertz CT molecular complexity index is 1830. The van der Waals surface area contributed by atoms with E-state index in [2.05, 4.69) is 15.3 Å². The highest BCUT2D eigenvalue weighted by Crippen LogP contribution is 2.42. The van der Waals surface area contributed by atoms with Crippen LogP contribution in [0, 0.1) is 0 Å². The average Bonchev–Trinajstić information content (AvgIpc) is 3.46. The third-order valence-electron chi connectivity index (χ3n) is 7.40. The highest BCUT2D eigenvalue weighted by Gasteiger charge is 2.51. The van der Waals surface area contributed by atoms with Gasteiger partial charge in [0.15, 0.2) is 5.65 Å². The Labute approximate surface area is 252 Å². The third kappa shape index (κ3) is 5.69. The summed E-state index contributed by atoms with van der Waals surface area (Å²) in [5.41, 5.74) is 2.13. The number of sulfonamides is 1. The Morgan fingerprint density at radius 3 is 2.44 bits per heavy atom. The van der Waals surface area contributed by atoms with Gasteiger partial charge >= 0.3 is 11.7 Å². The van der Waals surface area contributed by atoms with E-state index >= 15 is 0 Å². The van der Waals surface area contributed by atoms with Gasteiger partial charge in [-0.2, -0.15) is 4.31 Å². The van der Waals surface area contributed by atoms with Crippen molar-refractivity contribution in [3.63, 3.8) is 0 Å². The maximum Gasteiger partial charge on any atom is 0.335 e. The number of nitrogens with one attached hydrogen (secondary N) is 1. The molecule has 4 aromatic rings.